The lowest BCUT2D eigenvalue weighted by Gasteiger charge is -2.18. The van der Waals surface area contributed by atoms with Gasteiger partial charge in [-0.3, -0.25) is 9.59 Å². The number of nitrogens with one attached hydrogen (secondary N) is 2. The molecule has 26 heavy (non-hydrogen) atoms. The predicted octanol–water partition coefficient (Wildman–Crippen LogP) is 1.65. The summed E-state index contributed by atoms with van der Waals surface area (Å²) >= 11 is 0. The smallest absolute Gasteiger partial charge is 0.315 e. The van der Waals surface area contributed by atoms with Crippen molar-refractivity contribution < 1.29 is 23.9 Å². The van der Waals surface area contributed by atoms with Crippen LogP contribution >= 0.6 is 0 Å². The lowest BCUT2D eigenvalue weighted by molar-refractivity contribution is -0.137. The highest BCUT2D eigenvalue weighted by Crippen LogP contribution is 2.09. The minimum atomic E-state index is -0.917. The molecule has 5 N–H and O–H groups in total. The van der Waals surface area contributed by atoms with E-state index in [0.29, 0.717) is 18.6 Å². The van der Waals surface area contributed by atoms with Crippen LogP contribution in [0.2, 0.25) is 0 Å². The highest BCUT2D eigenvalue weighted by atomic mass is 16.4. The van der Waals surface area contributed by atoms with Crippen molar-refractivity contribution in [1.82, 2.24) is 10.6 Å². The van der Waals surface area contributed by atoms with Gasteiger partial charge in [0, 0.05) is 12.5 Å². The van der Waals surface area contributed by atoms with E-state index in [2.05, 4.69) is 10.6 Å². The SMILES string of the molecule is NC(=O)c1ccc(CNC(=O)NC(CCC(=O)O)Cc2ccccc2)o1. The van der Waals surface area contributed by atoms with E-state index in [-0.39, 0.29) is 24.8 Å². The molecule has 1 aromatic carbocycles. The van der Waals surface area contributed by atoms with Crippen LogP contribution in [0.1, 0.15) is 34.7 Å². The fourth-order valence-electron chi connectivity index (χ4n) is 2.43. The maximum atomic E-state index is 12.1. The standard InChI is InChI=1S/C18H21N3O5/c19-17(24)15-8-7-14(26-15)11-20-18(25)21-13(6-9-16(22)23)10-12-4-2-1-3-5-12/h1-5,7-8,13H,6,9-11H2,(H2,19,24)(H,22,23)(H2,20,21,25). The Morgan fingerprint density at radius 3 is 2.46 bits per heavy atom. The average Bonchev–Trinajstić information content (AvgIpc) is 3.08. The number of primary amides is 1. The van der Waals surface area contributed by atoms with E-state index in [0.717, 1.165) is 5.56 Å². The van der Waals surface area contributed by atoms with Crippen molar-refractivity contribution in [2.75, 3.05) is 0 Å². The van der Waals surface area contributed by atoms with Crippen LogP contribution in [-0.4, -0.2) is 29.1 Å². The van der Waals surface area contributed by atoms with E-state index in [1.165, 1.54) is 6.07 Å². The topological polar surface area (TPSA) is 135 Å². The number of nitrogens with two attached hydrogens (primary N) is 1. The van der Waals surface area contributed by atoms with Gasteiger partial charge in [0.25, 0.3) is 5.91 Å². The van der Waals surface area contributed by atoms with Gasteiger partial charge in [0.1, 0.15) is 5.76 Å². The van der Waals surface area contributed by atoms with Crippen LogP contribution in [0.4, 0.5) is 4.79 Å². The summed E-state index contributed by atoms with van der Waals surface area (Å²) in [5, 5.41) is 14.3. The highest BCUT2D eigenvalue weighted by molar-refractivity contribution is 5.89. The first kappa shape index (κ1) is 19.0. The molecule has 138 valence electrons. The van der Waals surface area contributed by atoms with E-state index in [1.807, 2.05) is 30.3 Å². The lowest BCUT2D eigenvalue weighted by atomic mass is 10.0. The molecule has 8 heteroatoms. The number of hydrogen-bond acceptors (Lipinski definition) is 4. The van der Waals surface area contributed by atoms with Crippen molar-refractivity contribution in [3.05, 3.63) is 59.5 Å². The zero-order valence-corrected chi connectivity index (χ0v) is 14.1. The number of hydrogen-bond donors (Lipinski definition) is 4. The molecule has 1 heterocycles. The van der Waals surface area contributed by atoms with Gasteiger partial charge in [-0.05, 0) is 30.5 Å². The molecule has 0 saturated heterocycles. The molecule has 2 aromatic rings. The Labute approximate surface area is 150 Å². The van der Waals surface area contributed by atoms with Crippen molar-refractivity contribution in [2.24, 2.45) is 5.73 Å². The number of benzene rings is 1. The molecule has 8 nitrogen and oxygen atoms in total. The van der Waals surface area contributed by atoms with Crippen LogP contribution in [-0.2, 0) is 17.8 Å². The summed E-state index contributed by atoms with van der Waals surface area (Å²) < 4.78 is 5.18. The number of carbonyl (C=O) groups is 3. The van der Waals surface area contributed by atoms with Crippen molar-refractivity contribution in [1.29, 1.82) is 0 Å². The molecule has 0 fully saturated rings. The molecular formula is C18H21N3O5. The maximum Gasteiger partial charge on any atom is 0.315 e. The zero-order chi connectivity index (χ0) is 18.9. The molecule has 3 amide bonds. The van der Waals surface area contributed by atoms with Crippen molar-refractivity contribution in [3.63, 3.8) is 0 Å². The summed E-state index contributed by atoms with van der Waals surface area (Å²) in [6, 6.07) is 11.7. The first-order valence-electron chi connectivity index (χ1n) is 8.12. The third kappa shape index (κ3) is 6.31. The minimum absolute atomic E-state index is 0.0191. The summed E-state index contributed by atoms with van der Waals surface area (Å²) in [6.07, 6.45) is 0.788. The van der Waals surface area contributed by atoms with Crippen molar-refractivity contribution in [3.8, 4) is 0 Å². The second-order valence-corrected chi connectivity index (χ2v) is 5.78. The number of amides is 3. The fraction of sp³-hybridized carbons (Fsp3) is 0.278. The summed E-state index contributed by atoms with van der Waals surface area (Å²) in [5.41, 5.74) is 6.10. The Morgan fingerprint density at radius 1 is 1.12 bits per heavy atom. The predicted molar refractivity (Wildman–Crippen MR) is 93.4 cm³/mol. The van der Waals surface area contributed by atoms with E-state index in [1.54, 1.807) is 6.07 Å². The normalized spacial score (nSPS) is 11.5. The van der Waals surface area contributed by atoms with E-state index >= 15 is 0 Å². The van der Waals surface area contributed by atoms with Crippen LogP contribution in [0.3, 0.4) is 0 Å². The van der Waals surface area contributed by atoms with Gasteiger partial charge in [-0.1, -0.05) is 30.3 Å². The zero-order valence-electron chi connectivity index (χ0n) is 14.1. The first-order valence-corrected chi connectivity index (χ1v) is 8.12. The molecule has 0 spiro atoms. The van der Waals surface area contributed by atoms with Gasteiger partial charge in [-0.2, -0.15) is 0 Å². The monoisotopic (exact) mass is 359 g/mol. The summed E-state index contributed by atoms with van der Waals surface area (Å²) in [7, 11) is 0. The molecule has 1 aromatic heterocycles. The molecule has 0 saturated carbocycles. The van der Waals surface area contributed by atoms with E-state index < -0.39 is 17.9 Å². The molecule has 2 rings (SSSR count). The van der Waals surface area contributed by atoms with Crippen LogP contribution in [0.15, 0.2) is 46.9 Å². The Morgan fingerprint density at radius 2 is 1.85 bits per heavy atom. The largest absolute Gasteiger partial charge is 0.481 e. The second kappa shape index (κ2) is 9.26. The minimum Gasteiger partial charge on any atom is -0.481 e. The first-order chi connectivity index (χ1) is 12.4. The van der Waals surface area contributed by atoms with Gasteiger partial charge < -0.3 is 25.9 Å². The Hall–Kier alpha value is -3.29. The lowest BCUT2D eigenvalue weighted by Crippen LogP contribution is -2.43. The molecule has 0 aliphatic rings. The molecular weight excluding hydrogens is 338 g/mol. The fourth-order valence-corrected chi connectivity index (χ4v) is 2.43. The van der Waals surface area contributed by atoms with Crippen LogP contribution < -0.4 is 16.4 Å². The number of rotatable bonds is 9. The third-order valence-electron chi connectivity index (χ3n) is 3.69. The Balaban J connectivity index is 1.89. The summed E-state index contributed by atoms with van der Waals surface area (Å²) in [5.74, 6) is -1.19. The van der Waals surface area contributed by atoms with Gasteiger partial charge in [0.15, 0.2) is 5.76 Å². The van der Waals surface area contributed by atoms with Crippen LogP contribution in [0.25, 0.3) is 0 Å². The number of furan rings is 1. The van der Waals surface area contributed by atoms with Crippen LogP contribution in [0.5, 0.6) is 0 Å². The maximum absolute atomic E-state index is 12.1. The number of urea groups is 1. The molecule has 0 bridgehead atoms. The quantitative estimate of drug-likeness (QED) is 0.540. The van der Waals surface area contributed by atoms with Crippen molar-refractivity contribution >= 4 is 17.9 Å². The molecule has 1 atom stereocenters. The van der Waals surface area contributed by atoms with Crippen LogP contribution in [0, 0.1) is 0 Å². The molecule has 0 aliphatic carbocycles. The highest BCUT2D eigenvalue weighted by Gasteiger charge is 2.15. The van der Waals surface area contributed by atoms with Crippen molar-refractivity contribution in [2.45, 2.75) is 31.8 Å². The summed E-state index contributed by atoms with van der Waals surface area (Å²) in [4.78, 5) is 33.9. The number of aliphatic carboxylic acids is 1. The molecule has 0 radical (unpaired) electrons. The third-order valence-corrected chi connectivity index (χ3v) is 3.69. The Kier molecular flexibility index (Phi) is 6.78. The van der Waals surface area contributed by atoms with Gasteiger partial charge in [0.2, 0.25) is 0 Å². The van der Waals surface area contributed by atoms with Gasteiger partial charge in [0.05, 0.1) is 6.54 Å². The van der Waals surface area contributed by atoms with E-state index in [9.17, 15) is 14.4 Å². The Bertz CT molecular complexity index is 757. The van der Waals surface area contributed by atoms with E-state index in [4.69, 9.17) is 15.3 Å². The number of carboxylic acids is 1. The summed E-state index contributed by atoms with van der Waals surface area (Å²) in [6.45, 7) is 0.0795. The van der Waals surface area contributed by atoms with Gasteiger partial charge >= 0.3 is 12.0 Å². The van der Waals surface area contributed by atoms with Gasteiger partial charge in [-0.15, -0.1) is 0 Å². The molecule has 1 unspecified atom stereocenters. The second-order valence-electron chi connectivity index (χ2n) is 5.78. The average molecular weight is 359 g/mol. The van der Waals surface area contributed by atoms with Gasteiger partial charge in [-0.25, -0.2) is 4.79 Å². The molecule has 0 aliphatic heterocycles. The number of carboxylic acid groups (broad SMARTS) is 1. The number of carbonyl (C=O) groups excluding carboxylic acids is 2.